The van der Waals surface area contributed by atoms with Gasteiger partial charge in [-0.1, -0.05) is 12.8 Å². The van der Waals surface area contributed by atoms with Gasteiger partial charge in [0.15, 0.2) is 4.96 Å². The fraction of sp³-hybridized carbons (Fsp3) is 0.625. The van der Waals surface area contributed by atoms with Gasteiger partial charge in [-0.05, 0) is 31.6 Å². The highest BCUT2D eigenvalue weighted by atomic mass is 32.1. The largest absolute Gasteiger partial charge is 0.332 e. The summed E-state index contributed by atoms with van der Waals surface area (Å²) in [6.45, 7) is 1.42. The predicted octanol–water partition coefficient (Wildman–Crippen LogP) is 3.26. The van der Waals surface area contributed by atoms with Gasteiger partial charge in [-0.25, -0.2) is 9.78 Å². The van der Waals surface area contributed by atoms with Gasteiger partial charge in [0.25, 0.3) is 0 Å². The number of imidazole rings is 1. The van der Waals surface area contributed by atoms with E-state index in [-0.39, 0.29) is 6.03 Å². The number of nitrogens with one attached hydrogen (secondary N) is 1. The van der Waals surface area contributed by atoms with Crippen molar-refractivity contribution >= 4 is 22.3 Å². The van der Waals surface area contributed by atoms with Crippen molar-refractivity contribution in [3.05, 3.63) is 23.5 Å². The van der Waals surface area contributed by atoms with Crippen molar-refractivity contribution in [1.29, 1.82) is 0 Å². The molecular formula is C16H22N4OS. The van der Waals surface area contributed by atoms with E-state index in [1.165, 1.54) is 32.1 Å². The molecule has 4 rings (SSSR count). The molecule has 6 heteroatoms. The molecule has 0 radical (unpaired) electrons. The highest BCUT2D eigenvalue weighted by Gasteiger charge is 2.35. The molecule has 2 amide bonds. The molecule has 1 atom stereocenters. The predicted molar refractivity (Wildman–Crippen MR) is 87.0 cm³/mol. The lowest BCUT2D eigenvalue weighted by Gasteiger charge is -2.29. The van der Waals surface area contributed by atoms with E-state index in [1.807, 2.05) is 22.2 Å². The molecule has 1 saturated heterocycles. The lowest BCUT2D eigenvalue weighted by atomic mass is 9.96. The number of hydrogen-bond donors (Lipinski definition) is 1. The summed E-state index contributed by atoms with van der Waals surface area (Å²) in [7, 11) is 0. The van der Waals surface area contributed by atoms with Crippen molar-refractivity contribution < 1.29 is 4.79 Å². The molecule has 1 saturated carbocycles. The third-order valence-corrected chi connectivity index (χ3v) is 5.84. The van der Waals surface area contributed by atoms with Crippen LogP contribution < -0.4 is 5.32 Å². The number of nitrogens with zero attached hydrogens (tertiary/aromatic N) is 3. The lowest BCUT2D eigenvalue weighted by molar-refractivity contribution is 0.172. The molecule has 2 aromatic heterocycles. The van der Waals surface area contributed by atoms with Crippen LogP contribution in [0.1, 0.15) is 44.2 Å². The van der Waals surface area contributed by atoms with Crippen LogP contribution in [-0.4, -0.2) is 32.9 Å². The Balaban J connectivity index is 1.37. The number of urea groups is 1. The second-order valence-corrected chi connectivity index (χ2v) is 7.30. The zero-order chi connectivity index (χ0) is 14.9. The van der Waals surface area contributed by atoms with Gasteiger partial charge in [-0.2, -0.15) is 0 Å². The minimum atomic E-state index is 0.0887. The lowest BCUT2D eigenvalue weighted by Crippen LogP contribution is -2.45. The van der Waals surface area contributed by atoms with Crippen molar-refractivity contribution in [3.63, 3.8) is 0 Å². The van der Waals surface area contributed by atoms with Gasteiger partial charge in [-0.3, -0.25) is 4.40 Å². The standard InChI is InChI=1S/C16H22N4OS/c21-15(17-10-13-11-19-8-9-22-16(19)18-13)20-7-3-6-14(20)12-4-1-2-5-12/h8-9,11-12,14H,1-7,10H2,(H,17,21)/t14-/m0/s1. The maximum atomic E-state index is 12.5. The first-order valence-electron chi connectivity index (χ1n) is 8.27. The topological polar surface area (TPSA) is 49.6 Å². The summed E-state index contributed by atoms with van der Waals surface area (Å²) in [5.41, 5.74) is 0.928. The Morgan fingerprint density at radius 1 is 1.32 bits per heavy atom. The number of fused-ring (bicyclic) bond motifs is 1. The maximum Gasteiger partial charge on any atom is 0.317 e. The van der Waals surface area contributed by atoms with Crippen LogP contribution in [0.3, 0.4) is 0 Å². The molecule has 0 spiro atoms. The number of aromatic nitrogens is 2. The highest BCUT2D eigenvalue weighted by molar-refractivity contribution is 7.15. The quantitative estimate of drug-likeness (QED) is 0.944. The van der Waals surface area contributed by atoms with Crippen molar-refractivity contribution in [1.82, 2.24) is 19.6 Å². The molecule has 1 aliphatic carbocycles. The molecule has 2 fully saturated rings. The van der Waals surface area contributed by atoms with Gasteiger partial charge >= 0.3 is 6.03 Å². The van der Waals surface area contributed by atoms with E-state index in [0.29, 0.717) is 12.6 Å². The van der Waals surface area contributed by atoms with Gasteiger partial charge in [0.2, 0.25) is 0 Å². The summed E-state index contributed by atoms with van der Waals surface area (Å²) >= 11 is 1.61. The molecule has 22 heavy (non-hydrogen) atoms. The third-order valence-electron chi connectivity index (χ3n) is 5.07. The van der Waals surface area contributed by atoms with E-state index < -0.39 is 0 Å². The summed E-state index contributed by atoms with van der Waals surface area (Å²) < 4.78 is 2.00. The van der Waals surface area contributed by atoms with Gasteiger partial charge in [0.05, 0.1) is 12.2 Å². The molecule has 0 unspecified atom stereocenters. The zero-order valence-electron chi connectivity index (χ0n) is 12.7. The van der Waals surface area contributed by atoms with Crippen LogP contribution in [0.2, 0.25) is 0 Å². The number of thiazole rings is 1. The normalized spacial score (nSPS) is 22.7. The number of hydrogen-bond acceptors (Lipinski definition) is 3. The Hall–Kier alpha value is -1.56. The number of amides is 2. The molecule has 5 nitrogen and oxygen atoms in total. The zero-order valence-corrected chi connectivity index (χ0v) is 13.5. The Kier molecular flexibility index (Phi) is 3.78. The Morgan fingerprint density at radius 2 is 2.18 bits per heavy atom. The molecule has 2 aromatic rings. The summed E-state index contributed by atoms with van der Waals surface area (Å²) in [5.74, 6) is 0.728. The average Bonchev–Trinajstić information content (AvgIpc) is 3.26. The first-order valence-corrected chi connectivity index (χ1v) is 9.15. The fourth-order valence-electron chi connectivity index (χ4n) is 4.01. The van der Waals surface area contributed by atoms with Crippen LogP contribution in [0.5, 0.6) is 0 Å². The molecular weight excluding hydrogens is 296 g/mol. The van der Waals surface area contributed by atoms with E-state index in [2.05, 4.69) is 15.2 Å². The van der Waals surface area contributed by atoms with Crippen LogP contribution in [0.25, 0.3) is 4.96 Å². The fourth-order valence-corrected chi connectivity index (χ4v) is 4.72. The van der Waals surface area contributed by atoms with E-state index >= 15 is 0 Å². The Morgan fingerprint density at radius 3 is 3.00 bits per heavy atom. The third kappa shape index (κ3) is 2.60. The second kappa shape index (κ2) is 5.91. The van der Waals surface area contributed by atoms with E-state index in [9.17, 15) is 4.79 Å². The summed E-state index contributed by atoms with van der Waals surface area (Å²) in [5, 5.41) is 5.08. The van der Waals surface area contributed by atoms with Crippen LogP contribution in [0.4, 0.5) is 4.79 Å². The van der Waals surface area contributed by atoms with Crippen molar-refractivity contribution in [2.45, 2.75) is 51.1 Å². The smallest absolute Gasteiger partial charge is 0.317 e. The maximum absolute atomic E-state index is 12.5. The molecule has 0 bridgehead atoms. The van der Waals surface area contributed by atoms with E-state index in [0.717, 1.165) is 29.5 Å². The second-order valence-electron chi connectivity index (χ2n) is 6.43. The SMILES string of the molecule is O=C(NCc1cn2ccsc2n1)N1CCC[C@H]1C1CCCC1. The van der Waals surface area contributed by atoms with E-state index in [1.54, 1.807) is 11.3 Å². The summed E-state index contributed by atoms with van der Waals surface area (Å²) in [6, 6.07) is 0.554. The van der Waals surface area contributed by atoms with Crippen LogP contribution >= 0.6 is 11.3 Å². The molecule has 118 valence electrons. The van der Waals surface area contributed by atoms with Crippen molar-refractivity contribution in [3.8, 4) is 0 Å². The van der Waals surface area contributed by atoms with Crippen LogP contribution in [0, 0.1) is 5.92 Å². The molecule has 3 heterocycles. The van der Waals surface area contributed by atoms with Gasteiger partial charge < -0.3 is 10.2 Å². The minimum Gasteiger partial charge on any atom is -0.332 e. The Bertz CT molecular complexity index is 629. The molecule has 1 N–H and O–H groups in total. The summed E-state index contributed by atoms with van der Waals surface area (Å²) in [4.78, 5) is 20.1. The number of rotatable bonds is 3. The first-order chi connectivity index (χ1) is 10.8. The molecule has 2 aliphatic rings. The van der Waals surface area contributed by atoms with Crippen LogP contribution in [0.15, 0.2) is 17.8 Å². The van der Waals surface area contributed by atoms with Gasteiger partial charge in [0.1, 0.15) is 0 Å². The minimum absolute atomic E-state index is 0.0887. The number of likely N-dealkylation sites (tertiary alicyclic amines) is 1. The van der Waals surface area contributed by atoms with Gasteiger partial charge in [-0.15, -0.1) is 11.3 Å². The monoisotopic (exact) mass is 318 g/mol. The van der Waals surface area contributed by atoms with Gasteiger partial charge in [0, 0.05) is 30.4 Å². The highest BCUT2D eigenvalue weighted by Crippen LogP contribution is 2.35. The number of carbonyl (C=O) groups excluding carboxylic acids is 1. The Labute approximate surface area is 134 Å². The number of carbonyl (C=O) groups is 1. The first kappa shape index (κ1) is 14.1. The molecule has 1 aliphatic heterocycles. The van der Waals surface area contributed by atoms with E-state index in [4.69, 9.17) is 0 Å². The average molecular weight is 318 g/mol. The van der Waals surface area contributed by atoms with Crippen LogP contribution in [-0.2, 0) is 6.54 Å². The van der Waals surface area contributed by atoms with Crippen molar-refractivity contribution in [2.24, 2.45) is 5.92 Å². The molecule has 0 aromatic carbocycles. The van der Waals surface area contributed by atoms with Crippen molar-refractivity contribution in [2.75, 3.05) is 6.54 Å². The summed E-state index contributed by atoms with van der Waals surface area (Å²) in [6.07, 6.45) is 11.6.